The third kappa shape index (κ3) is 4.10. The van der Waals surface area contributed by atoms with Crippen molar-refractivity contribution in [3.05, 3.63) is 65.0 Å². The van der Waals surface area contributed by atoms with Crippen molar-refractivity contribution in [1.82, 2.24) is 0 Å². The topological polar surface area (TPSA) is 168 Å². The molecule has 0 fully saturated rings. The number of hydrogen-bond acceptors (Lipinski definition) is 10. The number of hydrogen-bond donors (Lipinski definition) is 4. The number of rotatable bonds is 6. The Labute approximate surface area is 239 Å². The van der Waals surface area contributed by atoms with E-state index in [0.29, 0.717) is 0 Å². The number of benzene rings is 2. The minimum absolute atomic E-state index is 0.142. The molecule has 39 heavy (non-hydrogen) atoms. The molecule has 0 amide bonds. The second kappa shape index (κ2) is 10.3. The highest BCUT2D eigenvalue weighted by atomic mass is 35.5. The van der Waals surface area contributed by atoms with E-state index >= 15 is 0 Å². The molecule has 4 rings (SSSR count). The molecule has 14 heteroatoms. The Hall–Kier alpha value is -3.44. The molecule has 10 nitrogen and oxygen atoms in total. The van der Waals surface area contributed by atoms with Gasteiger partial charge in [-0.2, -0.15) is 0 Å². The maximum absolute atomic E-state index is 13.6. The zero-order valence-electron chi connectivity index (χ0n) is 19.9. The molecule has 0 aliphatic heterocycles. The summed E-state index contributed by atoms with van der Waals surface area (Å²) in [5.74, 6) is -9.01. The Morgan fingerprint density at radius 1 is 0.513 bits per heavy atom. The molecular weight excluding hydrogens is 602 g/mol. The fourth-order valence-electron chi connectivity index (χ4n) is 4.31. The van der Waals surface area contributed by atoms with Crippen LogP contribution in [0, 0.1) is 0 Å². The van der Waals surface area contributed by atoms with Crippen molar-refractivity contribution in [2.45, 2.75) is 20.3 Å². The third-order valence-electron chi connectivity index (χ3n) is 6.01. The van der Waals surface area contributed by atoms with Crippen LogP contribution in [0.15, 0.2) is 22.7 Å². The van der Waals surface area contributed by atoms with Crippen molar-refractivity contribution in [2.24, 2.45) is 0 Å². The lowest BCUT2D eigenvalue weighted by atomic mass is 9.79. The van der Waals surface area contributed by atoms with Crippen LogP contribution >= 0.6 is 46.4 Å². The van der Waals surface area contributed by atoms with E-state index in [2.05, 4.69) is 0 Å². The van der Waals surface area contributed by atoms with E-state index in [1.165, 1.54) is 13.8 Å². The van der Waals surface area contributed by atoms with Gasteiger partial charge < -0.3 is 29.9 Å². The van der Waals surface area contributed by atoms with Crippen LogP contribution in [0.1, 0.15) is 61.7 Å². The number of fused-ring (bicyclic) bond motifs is 2. The molecule has 0 atom stereocenters. The van der Waals surface area contributed by atoms with Gasteiger partial charge in [0.05, 0.1) is 46.6 Å². The summed E-state index contributed by atoms with van der Waals surface area (Å²) in [6.07, 6.45) is -0.778. The van der Waals surface area contributed by atoms with Gasteiger partial charge in [-0.15, -0.1) is 0 Å². The summed E-state index contributed by atoms with van der Waals surface area (Å²) in [5, 5.41) is 39.6. The Morgan fingerprint density at radius 3 is 1.03 bits per heavy atom. The normalized spacial score (nSPS) is 15.1. The standard InChI is InChI=1S/C25H16Cl4O10/c1-3-38-24-6(16(30)8-10(22(24)36)20(34)14(28)12(26)18(8)32)5-7-17(31)9-11(23(37)25(7)39-4-2)21(35)15(29)13(27)19(9)33/h32-35H,3-5H2,1-2H3. The van der Waals surface area contributed by atoms with Crippen LogP contribution in [0.5, 0.6) is 23.0 Å². The molecule has 0 spiro atoms. The third-order valence-corrected chi connectivity index (χ3v) is 7.68. The highest BCUT2D eigenvalue weighted by molar-refractivity contribution is 6.47. The number of carbonyl (C=O) groups is 4. The van der Waals surface area contributed by atoms with Gasteiger partial charge in [0.2, 0.25) is 11.6 Å². The average molecular weight is 618 g/mol. The zero-order valence-corrected chi connectivity index (χ0v) is 22.9. The average Bonchev–Trinajstić information content (AvgIpc) is 2.90. The Balaban J connectivity index is 1.99. The first-order valence-electron chi connectivity index (χ1n) is 11.1. The van der Waals surface area contributed by atoms with Crippen molar-refractivity contribution in [2.75, 3.05) is 13.2 Å². The van der Waals surface area contributed by atoms with Crippen molar-refractivity contribution in [3.8, 4) is 23.0 Å². The molecule has 204 valence electrons. The van der Waals surface area contributed by atoms with Gasteiger partial charge in [0, 0.05) is 6.42 Å². The lowest BCUT2D eigenvalue weighted by Crippen LogP contribution is -2.28. The molecule has 0 bridgehead atoms. The second-order valence-electron chi connectivity index (χ2n) is 8.13. The van der Waals surface area contributed by atoms with Gasteiger partial charge in [-0.1, -0.05) is 46.4 Å². The summed E-state index contributed by atoms with van der Waals surface area (Å²) in [6.45, 7) is 2.70. The van der Waals surface area contributed by atoms with E-state index in [1.807, 2.05) is 0 Å². The molecule has 2 aliphatic carbocycles. The fourth-order valence-corrected chi connectivity index (χ4v) is 5.05. The van der Waals surface area contributed by atoms with Crippen LogP contribution in [0.2, 0.25) is 20.1 Å². The van der Waals surface area contributed by atoms with E-state index in [1.54, 1.807) is 0 Å². The quantitative estimate of drug-likeness (QED) is 0.301. The summed E-state index contributed by atoms with van der Waals surface area (Å²) >= 11 is 23.7. The number of aromatic hydroxyl groups is 4. The number of phenolic OH excluding ortho intramolecular Hbond substituents is 4. The maximum atomic E-state index is 13.6. The highest BCUT2D eigenvalue weighted by Crippen LogP contribution is 2.50. The van der Waals surface area contributed by atoms with Crippen LogP contribution in [0.4, 0.5) is 0 Å². The van der Waals surface area contributed by atoms with Gasteiger partial charge in [0.1, 0.15) is 43.1 Å². The molecule has 0 unspecified atom stereocenters. The first-order valence-corrected chi connectivity index (χ1v) is 12.6. The van der Waals surface area contributed by atoms with Crippen LogP contribution in [0.25, 0.3) is 0 Å². The summed E-state index contributed by atoms with van der Waals surface area (Å²) in [6, 6.07) is 0. The number of Topliss-reactive ketones (excluding diaryl/α,β-unsaturated/α-hetero) is 4. The second-order valence-corrected chi connectivity index (χ2v) is 9.64. The molecule has 4 N–H and O–H groups in total. The minimum atomic E-state index is -1.07. The molecule has 0 saturated carbocycles. The number of ether oxygens (including phenoxy) is 2. The van der Waals surface area contributed by atoms with E-state index < -0.39 is 118 Å². The zero-order chi connectivity index (χ0) is 29.1. The van der Waals surface area contributed by atoms with Crippen LogP contribution in [-0.4, -0.2) is 56.8 Å². The first-order chi connectivity index (χ1) is 18.3. The van der Waals surface area contributed by atoms with Crippen molar-refractivity contribution in [1.29, 1.82) is 0 Å². The molecule has 2 aromatic rings. The molecular formula is C25H16Cl4O10. The van der Waals surface area contributed by atoms with E-state index in [-0.39, 0.29) is 13.2 Å². The minimum Gasteiger partial charge on any atom is -0.506 e. The Bertz CT molecular complexity index is 1490. The summed E-state index contributed by atoms with van der Waals surface area (Å²) in [4.78, 5) is 54.0. The maximum Gasteiger partial charge on any atom is 0.232 e. The van der Waals surface area contributed by atoms with Gasteiger partial charge >= 0.3 is 0 Å². The molecule has 2 aromatic carbocycles. The van der Waals surface area contributed by atoms with Gasteiger partial charge in [0.15, 0.2) is 23.1 Å². The fraction of sp³-hybridized carbons (Fsp3) is 0.200. The predicted octanol–water partition coefficient (Wildman–Crippen LogP) is 5.55. The Morgan fingerprint density at radius 2 is 0.769 bits per heavy atom. The lowest BCUT2D eigenvalue weighted by molar-refractivity contribution is 0.0859. The first kappa shape index (κ1) is 28.6. The number of carbonyl (C=O) groups excluding carboxylic acids is 4. The number of halogens is 4. The van der Waals surface area contributed by atoms with Gasteiger partial charge in [0.25, 0.3) is 0 Å². The number of allylic oxidation sites excluding steroid dienone is 4. The van der Waals surface area contributed by atoms with Crippen molar-refractivity contribution >= 4 is 69.5 Å². The van der Waals surface area contributed by atoms with Crippen molar-refractivity contribution in [3.63, 3.8) is 0 Å². The summed E-state index contributed by atoms with van der Waals surface area (Å²) in [5.41, 5.74) is -3.73. The van der Waals surface area contributed by atoms with Gasteiger partial charge in [-0.3, -0.25) is 19.2 Å². The molecule has 0 saturated heterocycles. The Kier molecular flexibility index (Phi) is 7.52. The molecule has 0 radical (unpaired) electrons. The molecule has 0 heterocycles. The predicted molar refractivity (Wildman–Crippen MR) is 139 cm³/mol. The monoisotopic (exact) mass is 616 g/mol. The van der Waals surface area contributed by atoms with Crippen molar-refractivity contribution < 1.29 is 49.1 Å². The molecule has 2 aliphatic rings. The summed E-state index contributed by atoms with van der Waals surface area (Å²) < 4.78 is 10.8. The smallest absolute Gasteiger partial charge is 0.232 e. The van der Waals surface area contributed by atoms with Gasteiger partial charge in [-0.05, 0) is 13.8 Å². The highest BCUT2D eigenvalue weighted by Gasteiger charge is 2.44. The molecule has 0 aromatic heterocycles. The SMILES string of the molecule is CCOC1=C(CC2=C(OCC)C(=O)c3c(O)c(Cl)c(Cl)c(O)c3C2=O)C(=O)c2c(O)c(Cl)c(Cl)c(O)c2C1=O. The summed E-state index contributed by atoms with van der Waals surface area (Å²) in [7, 11) is 0. The van der Waals surface area contributed by atoms with Crippen LogP contribution in [-0.2, 0) is 9.47 Å². The largest absolute Gasteiger partial charge is 0.506 e. The van der Waals surface area contributed by atoms with E-state index in [0.717, 1.165) is 0 Å². The number of ketones is 4. The van der Waals surface area contributed by atoms with Gasteiger partial charge in [-0.25, -0.2) is 0 Å². The van der Waals surface area contributed by atoms with Crippen LogP contribution < -0.4 is 0 Å². The van der Waals surface area contributed by atoms with Crippen LogP contribution in [0.3, 0.4) is 0 Å². The van der Waals surface area contributed by atoms with E-state index in [4.69, 9.17) is 55.9 Å². The lowest BCUT2D eigenvalue weighted by Gasteiger charge is -2.26. The number of phenols is 4. The van der Waals surface area contributed by atoms with E-state index in [9.17, 15) is 39.6 Å².